The number of hydrogen-bond donors (Lipinski definition) is 0. The Morgan fingerprint density at radius 1 is 1.26 bits per heavy atom. The lowest BCUT2D eigenvalue weighted by molar-refractivity contribution is -0.00538. The summed E-state index contributed by atoms with van der Waals surface area (Å²) in [5.41, 5.74) is 1.56. The molecule has 0 amide bonds. The monoisotopic (exact) mass is 262 g/mol. The standard InChI is InChI=1S/C12H18N6O/c1-4-18-12-10(15-16-18)11(13-7-14-12)17-5-8(2)19-9(3)6-17/h7-9H,4-6H2,1-3H3/t8-,9-/m0/s1. The molecule has 19 heavy (non-hydrogen) atoms. The molecule has 7 heteroatoms. The van der Waals surface area contributed by atoms with Gasteiger partial charge in [-0.05, 0) is 20.8 Å². The number of aryl methyl sites for hydroxylation is 1. The van der Waals surface area contributed by atoms with E-state index in [1.165, 1.54) is 0 Å². The molecule has 0 aromatic carbocycles. The molecule has 3 rings (SSSR count). The first-order chi connectivity index (χ1) is 9.19. The minimum absolute atomic E-state index is 0.190. The fourth-order valence-electron chi connectivity index (χ4n) is 2.58. The summed E-state index contributed by atoms with van der Waals surface area (Å²) in [5.74, 6) is 0.853. The smallest absolute Gasteiger partial charge is 0.183 e. The van der Waals surface area contributed by atoms with Crippen molar-refractivity contribution in [1.29, 1.82) is 0 Å². The number of anilines is 1. The van der Waals surface area contributed by atoms with Gasteiger partial charge in [0.25, 0.3) is 0 Å². The van der Waals surface area contributed by atoms with Gasteiger partial charge in [0.2, 0.25) is 0 Å². The zero-order valence-electron chi connectivity index (χ0n) is 11.4. The summed E-state index contributed by atoms with van der Waals surface area (Å²) in [7, 11) is 0. The highest BCUT2D eigenvalue weighted by Gasteiger charge is 2.25. The SMILES string of the molecule is CCn1nnc2c(N3C[C@H](C)O[C@@H](C)C3)ncnc21. The fourth-order valence-corrected chi connectivity index (χ4v) is 2.58. The summed E-state index contributed by atoms with van der Waals surface area (Å²) >= 11 is 0. The van der Waals surface area contributed by atoms with Crippen molar-refractivity contribution in [2.75, 3.05) is 18.0 Å². The fraction of sp³-hybridized carbons (Fsp3) is 0.667. The normalized spacial score (nSPS) is 24.1. The Hall–Kier alpha value is -1.76. The highest BCUT2D eigenvalue weighted by Crippen LogP contribution is 2.23. The number of fused-ring (bicyclic) bond motifs is 1. The Labute approximate surface area is 111 Å². The molecule has 2 aromatic heterocycles. The molecular weight excluding hydrogens is 244 g/mol. The van der Waals surface area contributed by atoms with Crippen LogP contribution in [0.2, 0.25) is 0 Å². The average Bonchev–Trinajstić information content (AvgIpc) is 2.80. The summed E-state index contributed by atoms with van der Waals surface area (Å²) in [5, 5.41) is 8.33. The van der Waals surface area contributed by atoms with Gasteiger partial charge in [0.05, 0.1) is 12.2 Å². The Morgan fingerprint density at radius 2 is 2.00 bits per heavy atom. The van der Waals surface area contributed by atoms with Gasteiger partial charge in [-0.25, -0.2) is 14.6 Å². The van der Waals surface area contributed by atoms with E-state index in [2.05, 4.69) is 39.0 Å². The molecule has 3 heterocycles. The predicted octanol–water partition coefficient (Wildman–Crippen LogP) is 0.855. The Kier molecular flexibility index (Phi) is 3.06. The number of nitrogens with zero attached hydrogens (tertiary/aromatic N) is 6. The molecule has 1 saturated heterocycles. The second kappa shape index (κ2) is 4.73. The van der Waals surface area contributed by atoms with Crippen LogP contribution in [0.4, 0.5) is 5.82 Å². The van der Waals surface area contributed by atoms with Crippen molar-refractivity contribution in [3.05, 3.63) is 6.33 Å². The van der Waals surface area contributed by atoms with Crippen LogP contribution in [0.5, 0.6) is 0 Å². The van der Waals surface area contributed by atoms with Crippen molar-refractivity contribution < 1.29 is 4.74 Å². The number of ether oxygens (including phenoxy) is 1. The highest BCUT2D eigenvalue weighted by atomic mass is 16.5. The first kappa shape index (κ1) is 12.3. The van der Waals surface area contributed by atoms with E-state index in [0.717, 1.165) is 36.6 Å². The van der Waals surface area contributed by atoms with Gasteiger partial charge in [0.1, 0.15) is 6.33 Å². The van der Waals surface area contributed by atoms with Crippen LogP contribution in [0.1, 0.15) is 20.8 Å². The predicted molar refractivity (Wildman–Crippen MR) is 71.0 cm³/mol. The van der Waals surface area contributed by atoms with E-state index in [-0.39, 0.29) is 12.2 Å². The molecule has 2 aromatic rings. The molecule has 0 bridgehead atoms. The maximum Gasteiger partial charge on any atom is 0.183 e. The van der Waals surface area contributed by atoms with Gasteiger partial charge in [0, 0.05) is 19.6 Å². The zero-order valence-corrected chi connectivity index (χ0v) is 11.4. The first-order valence-electron chi connectivity index (χ1n) is 6.63. The first-order valence-corrected chi connectivity index (χ1v) is 6.63. The van der Waals surface area contributed by atoms with Crippen LogP contribution in [-0.4, -0.2) is 50.3 Å². The van der Waals surface area contributed by atoms with E-state index in [1.807, 2.05) is 6.92 Å². The summed E-state index contributed by atoms with van der Waals surface area (Å²) in [6.07, 6.45) is 1.96. The van der Waals surface area contributed by atoms with Crippen LogP contribution in [0, 0.1) is 0 Å². The van der Waals surface area contributed by atoms with E-state index < -0.39 is 0 Å². The van der Waals surface area contributed by atoms with Crippen LogP contribution in [0.15, 0.2) is 6.33 Å². The molecule has 7 nitrogen and oxygen atoms in total. The molecule has 0 saturated carbocycles. The minimum atomic E-state index is 0.190. The number of morpholine rings is 1. The lowest BCUT2D eigenvalue weighted by Gasteiger charge is -2.35. The van der Waals surface area contributed by atoms with E-state index in [9.17, 15) is 0 Å². The minimum Gasteiger partial charge on any atom is -0.372 e. The van der Waals surface area contributed by atoms with Crippen molar-refractivity contribution in [3.8, 4) is 0 Å². The molecule has 0 unspecified atom stereocenters. The van der Waals surface area contributed by atoms with Crippen molar-refractivity contribution in [2.45, 2.75) is 39.5 Å². The number of hydrogen-bond acceptors (Lipinski definition) is 6. The second-order valence-electron chi connectivity index (χ2n) is 4.94. The van der Waals surface area contributed by atoms with Gasteiger partial charge in [-0.1, -0.05) is 5.21 Å². The topological polar surface area (TPSA) is 69.0 Å². The number of aromatic nitrogens is 5. The van der Waals surface area contributed by atoms with E-state index >= 15 is 0 Å². The van der Waals surface area contributed by atoms with E-state index in [0.29, 0.717) is 0 Å². The molecular formula is C12H18N6O. The molecule has 1 aliphatic rings. The van der Waals surface area contributed by atoms with Gasteiger partial charge < -0.3 is 9.64 Å². The molecule has 0 spiro atoms. The summed E-state index contributed by atoms with van der Waals surface area (Å²) in [6, 6.07) is 0. The summed E-state index contributed by atoms with van der Waals surface area (Å²) in [6.45, 7) is 8.55. The van der Waals surface area contributed by atoms with Gasteiger partial charge >= 0.3 is 0 Å². The molecule has 2 atom stereocenters. The van der Waals surface area contributed by atoms with Gasteiger partial charge in [0.15, 0.2) is 17.0 Å². The average molecular weight is 262 g/mol. The zero-order chi connectivity index (χ0) is 13.4. The van der Waals surface area contributed by atoms with Crippen LogP contribution in [0.25, 0.3) is 11.2 Å². The van der Waals surface area contributed by atoms with E-state index in [1.54, 1.807) is 11.0 Å². The van der Waals surface area contributed by atoms with Crippen LogP contribution < -0.4 is 4.90 Å². The van der Waals surface area contributed by atoms with Gasteiger partial charge in [-0.3, -0.25) is 0 Å². The van der Waals surface area contributed by atoms with E-state index in [4.69, 9.17) is 4.74 Å². The molecule has 1 fully saturated rings. The summed E-state index contributed by atoms with van der Waals surface area (Å²) < 4.78 is 7.54. The van der Waals surface area contributed by atoms with Crippen LogP contribution >= 0.6 is 0 Å². The van der Waals surface area contributed by atoms with Crippen LogP contribution in [-0.2, 0) is 11.3 Å². The molecule has 0 aliphatic carbocycles. The Balaban J connectivity index is 2.02. The Morgan fingerprint density at radius 3 is 2.68 bits per heavy atom. The van der Waals surface area contributed by atoms with Crippen molar-refractivity contribution in [2.24, 2.45) is 0 Å². The molecule has 1 aliphatic heterocycles. The third-order valence-electron chi connectivity index (χ3n) is 3.30. The van der Waals surface area contributed by atoms with Crippen molar-refractivity contribution >= 4 is 17.0 Å². The molecule has 0 N–H and O–H groups in total. The molecule has 102 valence electrons. The second-order valence-corrected chi connectivity index (χ2v) is 4.94. The van der Waals surface area contributed by atoms with Crippen molar-refractivity contribution in [1.82, 2.24) is 25.0 Å². The number of rotatable bonds is 2. The lowest BCUT2D eigenvalue weighted by Crippen LogP contribution is -2.46. The highest BCUT2D eigenvalue weighted by molar-refractivity contribution is 5.82. The maximum absolute atomic E-state index is 5.75. The van der Waals surface area contributed by atoms with Gasteiger partial charge in [-0.15, -0.1) is 5.10 Å². The largest absolute Gasteiger partial charge is 0.372 e. The quantitative estimate of drug-likeness (QED) is 0.799. The summed E-state index contributed by atoms with van der Waals surface area (Å²) in [4.78, 5) is 10.9. The van der Waals surface area contributed by atoms with Crippen LogP contribution in [0.3, 0.4) is 0 Å². The lowest BCUT2D eigenvalue weighted by atomic mass is 10.2. The molecule has 0 radical (unpaired) electrons. The Bertz CT molecular complexity index is 573. The van der Waals surface area contributed by atoms with Gasteiger partial charge in [-0.2, -0.15) is 0 Å². The third-order valence-corrected chi connectivity index (χ3v) is 3.30. The maximum atomic E-state index is 5.75. The third kappa shape index (κ3) is 2.14. The van der Waals surface area contributed by atoms with Crippen molar-refractivity contribution in [3.63, 3.8) is 0 Å².